The van der Waals surface area contributed by atoms with Gasteiger partial charge in [0.1, 0.15) is 5.75 Å². The van der Waals surface area contributed by atoms with Crippen LogP contribution in [0.5, 0.6) is 5.75 Å². The first-order valence-electron chi connectivity index (χ1n) is 7.97. The third-order valence-electron chi connectivity index (χ3n) is 3.33. The van der Waals surface area contributed by atoms with Gasteiger partial charge in [-0.2, -0.15) is 0 Å². The molecule has 0 aliphatic carbocycles. The van der Waals surface area contributed by atoms with Crippen LogP contribution in [0, 0.1) is 0 Å². The smallest absolute Gasteiger partial charge is 0.261 e. The summed E-state index contributed by atoms with van der Waals surface area (Å²) in [6.45, 7) is 4.39. The van der Waals surface area contributed by atoms with E-state index in [0.717, 1.165) is 5.56 Å². The maximum Gasteiger partial charge on any atom is 0.261 e. The van der Waals surface area contributed by atoms with E-state index in [2.05, 4.69) is 22.8 Å². The summed E-state index contributed by atoms with van der Waals surface area (Å²) in [5, 5.41) is 6.04. The van der Waals surface area contributed by atoms with Gasteiger partial charge in [0.25, 0.3) is 5.91 Å². The molecule has 0 unspecified atom stereocenters. The van der Waals surface area contributed by atoms with Crippen LogP contribution in [0.15, 0.2) is 53.4 Å². The molecule has 1 amide bonds. The molecule has 2 aromatic rings. The Hall–Kier alpha value is -2.05. The Labute approximate surface area is 158 Å². The van der Waals surface area contributed by atoms with Gasteiger partial charge in [-0.3, -0.25) is 10.1 Å². The maximum absolute atomic E-state index is 12.4. The van der Waals surface area contributed by atoms with E-state index < -0.39 is 0 Å². The topological polar surface area (TPSA) is 50.4 Å². The Kier molecular flexibility index (Phi) is 7.28. The van der Waals surface area contributed by atoms with Crippen molar-refractivity contribution in [3.63, 3.8) is 0 Å². The predicted octanol–water partition coefficient (Wildman–Crippen LogP) is 4.00. The van der Waals surface area contributed by atoms with Gasteiger partial charge in [0.05, 0.1) is 11.7 Å². The first kappa shape index (κ1) is 19.3. The zero-order valence-electron chi connectivity index (χ0n) is 14.5. The maximum atomic E-state index is 12.4. The van der Waals surface area contributed by atoms with Crippen molar-refractivity contribution in [2.24, 2.45) is 0 Å². The third-order valence-corrected chi connectivity index (χ3v) is 4.32. The van der Waals surface area contributed by atoms with Gasteiger partial charge in [-0.05, 0) is 62.2 Å². The van der Waals surface area contributed by atoms with Gasteiger partial charge in [0, 0.05) is 11.4 Å². The Morgan fingerprint density at radius 3 is 2.48 bits per heavy atom. The Morgan fingerprint density at radius 1 is 1.16 bits per heavy atom. The third kappa shape index (κ3) is 6.07. The molecule has 0 aromatic heterocycles. The van der Waals surface area contributed by atoms with Crippen molar-refractivity contribution < 1.29 is 9.53 Å². The molecule has 2 aromatic carbocycles. The molecular formula is C19H22N2O2S2. The van der Waals surface area contributed by atoms with Crippen molar-refractivity contribution in [3.8, 4) is 5.75 Å². The zero-order valence-corrected chi connectivity index (χ0v) is 16.2. The fraction of sp³-hybridized carbons (Fsp3) is 0.263. The molecule has 0 spiro atoms. The number of carbonyl (C=O) groups is 1. The molecule has 0 aliphatic heterocycles. The quantitative estimate of drug-likeness (QED) is 0.591. The standard InChI is InChI=1S/C19H22N2O2S2/c1-13(2)23-17-7-5-4-6-16(17)18(22)21-19(24)20-12-14-8-10-15(25-3)11-9-14/h4-11,13H,12H2,1-3H3,(H2,20,21,22,24). The molecule has 0 radical (unpaired) electrons. The number of nitrogens with one attached hydrogen (secondary N) is 2. The van der Waals surface area contributed by atoms with E-state index in [1.165, 1.54) is 4.90 Å². The van der Waals surface area contributed by atoms with Crippen LogP contribution in [-0.2, 0) is 6.54 Å². The Balaban J connectivity index is 1.92. The summed E-state index contributed by atoms with van der Waals surface area (Å²) in [7, 11) is 0. The van der Waals surface area contributed by atoms with E-state index in [4.69, 9.17) is 17.0 Å². The second-order valence-corrected chi connectivity index (χ2v) is 6.94. The van der Waals surface area contributed by atoms with E-state index >= 15 is 0 Å². The lowest BCUT2D eigenvalue weighted by Gasteiger charge is -2.15. The number of amides is 1. The molecule has 0 heterocycles. The molecule has 0 bridgehead atoms. The van der Waals surface area contributed by atoms with Crippen molar-refractivity contribution in [2.75, 3.05) is 6.26 Å². The highest BCUT2D eigenvalue weighted by Crippen LogP contribution is 2.19. The minimum atomic E-state index is -0.286. The van der Waals surface area contributed by atoms with Gasteiger partial charge in [0.15, 0.2) is 5.11 Å². The Morgan fingerprint density at radius 2 is 1.84 bits per heavy atom. The number of thiocarbonyl (C=S) groups is 1. The van der Waals surface area contributed by atoms with Gasteiger partial charge in [-0.1, -0.05) is 24.3 Å². The molecule has 0 atom stereocenters. The second-order valence-electron chi connectivity index (χ2n) is 5.65. The number of hydrogen-bond donors (Lipinski definition) is 2. The predicted molar refractivity (Wildman–Crippen MR) is 107 cm³/mol. The molecular weight excluding hydrogens is 352 g/mol. The average Bonchev–Trinajstić information content (AvgIpc) is 2.60. The molecule has 6 heteroatoms. The number of thioether (sulfide) groups is 1. The molecule has 0 saturated heterocycles. The molecule has 2 rings (SSSR count). The van der Waals surface area contributed by atoms with Crippen LogP contribution in [0.3, 0.4) is 0 Å². The normalized spacial score (nSPS) is 10.4. The monoisotopic (exact) mass is 374 g/mol. The lowest BCUT2D eigenvalue weighted by molar-refractivity contribution is 0.0971. The first-order valence-corrected chi connectivity index (χ1v) is 9.60. The summed E-state index contributed by atoms with van der Waals surface area (Å²) < 4.78 is 5.67. The summed E-state index contributed by atoms with van der Waals surface area (Å²) in [6, 6.07) is 15.3. The van der Waals surface area contributed by atoms with Gasteiger partial charge >= 0.3 is 0 Å². The molecule has 0 saturated carbocycles. The summed E-state index contributed by atoms with van der Waals surface area (Å²) in [4.78, 5) is 13.6. The highest BCUT2D eigenvalue weighted by atomic mass is 32.2. The average molecular weight is 375 g/mol. The van der Waals surface area contributed by atoms with Gasteiger partial charge in [0.2, 0.25) is 0 Å². The van der Waals surface area contributed by atoms with Crippen LogP contribution in [0.2, 0.25) is 0 Å². The second kappa shape index (κ2) is 9.44. The van der Waals surface area contributed by atoms with E-state index in [1.54, 1.807) is 30.0 Å². The highest BCUT2D eigenvalue weighted by molar-refractivity contribution is 7.98. The van der Waals surface area contributed by atoms with E-state index in [0.29, 0.717) is 23.0 Å². The molecule has 25 heavy (non-hydrogen) atoms. The number of hydrogen-bond acceptors (Lipinski definition) is 4. The number of benzene rings is 2. The SMILES string of the molecule is CSc1ccc(CNC(=S)NC(=O)c2ccccc2OC(C)C)cc1. The molecule has 0 aliphatic rings. The van der Waals surface area contributed by atoms with Crippen LogP contribution in [-0.4, -0.2) is 23.4 Å². The fourth-order valence-corrected chi connectivity index (χ4v) is 2.72. The Bertz CT molecular complexity index is 730. The minimum Gasteiger partial charge on any atom is -0.490 e. The van der Waals surface area contributed by atoms with E-state index in [1.807, 2.05) is 38.3 Å². The van der Waals surface area contributed by atoms with E-state index in [-0.39, 0.29) is 12.0 Å². The molecule has 0 fully saturated rings. The molecule has 132 valence electrons. The van der Waals surface area contributed by atoms with Crippen molar-refractivity contribution in [1.29, 1.82) is 0 Å². The fourth-order valence-electron chi connectivity index (χ4n) is 2.15. The van der Waals surface area contributed by atoms with Crippen molar-refractivity contribution in [3.05, 3.63) is 59.7 Å². The molecule has 4 nitrogen and oxygen atoms in total. The summed E-state index contributed by atoms with van der Waals surface area (Å²) in [5.41, 5.74) is 1.56. The van der Waals surface area contributed by atoms with Crippen molar-refractivity contribution >= 4 is 35.0 Å². The lowest BCUT2D eigenvalue weighted by Crippen LogP contribution is -2.39. The highest BCUT2D eigenvalue weighted by Gasteiger charge is 2.14. The van der Waals surface area contributed by atoms with Crippen LogP contribution >= 0.6 is 24.0 Å². The van der Waals surface area contributed by atoms with Crippen LogP contribution in [0.4, 0.5) is 0 Å². The first-order chi connectivity index (χ1) is 12.0. The van der Waals surface area contributed by atoms with Crippen molar-refractivity contribution in [1.82, 2.24) is 10.6 Å². The van der Waals surface area contributed by atoms with Gasteiger partial charge < -0.3 is 10.1 Å². The summed E-state index contributed by atoms with van der Waals surface area (Å²) >= 11 is 6.92. The van der Waals surface area contributed by atoms with Gasteiger partial charge in [-0.15, -0.1) is 11.8 Å². The van der Waals surface area contributed by atoms with Crippen LogP contribution in [0.25, 0.3) is 0 Å². The minimum absolute atomic E-state index is 0.0108. The largest absolute Gasteiger partial charge is 0.490 e. The number of ether oxygens (including phenoxy) is 1. The number of rotatable bonds is 6. The van der Waals surface area contributed by atoms with Crippen molar-refractivity contribution in [2.45, 2.75) is 31.4 Å². The number of carbonyl (C=O) groups excluding carboxylic acids is 1. The number of para-hydroxylation sites is 1. The van der Waals surface area contributed by atoms with Crippen LogP contribution in [0.1, 0.15) is 29.8 Å². The van der Waals surface area contributed by atoms with E-state index in [9.17, 15) is 4.79 Å². The molecule has 2 N–H and O–H groups in total. The van der Waals surface area contributed by atoms with Crippen LogP contribution < -0.4 is 15.4 Å². The zero-order chi connectivity index (χ0) is 18.2. The lowest BCUT2D eigenvalue weighted by atomic mass is 10.2. The summed E-state index contributed by atoms with van der Waals surface area (Å²) in [6.07, 6.45) is 2.03. The van der Waals surface area contributed by atoms with Gasteiger partial charge in [-0.25, -0.2) is 0 Å². The summed E-state index contributed by atoms with van der Waals surface area (Å²) in [5.74, 6) is 0.261.